The molecule has 1 aromatic rings. The smallest absolute Gasteiger partial charge is 0.439 e. The molecule has 1 aliphatic heterocycles. The summed E-state index contributed by atoms with van der Waals surface area (Å²) in [6, 6.07) is 6.99. The highest BCUT2D eigenvalue weighted by Gasteiger charge is 2.68. The number of nitrogens with zero attached hydrogens (tertiary/aromatic N) is 2. The summed E-state index contributed by atoms with van der Waals surface area (Å²) in [5.74, 6) is -1.54. The lowest BCUT2D eigenvalue weighted by atomic mass is 9.80. The van der Waals surface area contributed by atoms with Gasteiger partial charge in [0.1, 0.15) is 5.75 Å². The molecule has 1 aliphatic carbocycles. The Bertz CT molecular complexity index is 731. The monoisotopic (exact) mass is 384 g/mol. The number of hydrogen-bond donors (Lipinski definition) is 1. The van der Waals surface area contributed by atoms with Crippen LogP contribution in [0.1, 0.15) is 51.0 Å². The number of benzene rings is 1. The minimum absolute atomic E-state index is 0.149. The first-order valence-corrected chi connectivity index (χ1v) is 9.07. The topological polar surface area (TPSA) is 62.1 Å². The van der Waals surface area contributed by atoms with Crippen molar-refractivity contribution in [2.45, 2.75) is 57.3 Å². The molecule has 2 atom stereocenters. The van der Waals surface area contributed by atoms with Gasteiger partial charge < -0.3 is 9.84 Å². The van der Waals surface area contributed by atoms with E-state index in [0.717, 1.165) is 5.56 Å². The standard InChI is InChI=1S/C19H23F3N2O3/c1-12(2)13-7-9-14(10-8-13)27-11-17(25)24-18(26,19(20,21)22)15-5-3-4-6-16(15)23-24/h7-10,12,15,26H,3-6,11H2,1-2H3. The molecule has 8 heteroatoms. The molecule has 2 aliphatic rings. The van der Waals surface area contributed by atoms with E-state index in [1.807, 2.05) is 26.0 Å². The molecule has 1 N–H and O–H groups in total. The van der Waals surface area contributed by atoms with E-state index in [-0.39, 0.29) is 17.1 Å². The van der Waals surface area contributed by atoms with Crippen LogP contribution in [-0.2, 0) is 4.79 Å². The predicted molar refractivity (Wildman–Crippen MR) is 93.3 cm³/mol. The molecule has 0 spiro atoms. The van der Waals surface area contributed by atoms with Crippen molar-refractivity contribution in [2.75, 3.05) is 6.61 Å². The van der Waals surface area contributed by atoms with E-state index >= 15 is 0 Å². The van der Waals surface area contributed by atoms with Crippen LogP contribution in [0.15, 0.2) is 29.4 Å². The van der Waals surface area contributed by atoms with Crippen molar-refractivity contribution >= 4 is 11.6 Å². The summed E-state index contributed by atoms with van der Waals surface area (Å²) >= 11 is 0. The predicted octanol–water partition coefficient (Wildman–Crippen LogP) is 3.83. The van der Waals surface area contributed by atoms with Crippen molar-refractivity contribution in [1.29, 1.82) is 0 Å². The fraction of sp³-hybridized carbons (Fsp3) is 0.579. The van der Waals surface area contributed by atoms with Crippen LogP contribution in [0.4, 0.5) is 13.2 Å². The van der Waals surface area contributed by atoms with Gasteiger partial charge in [-0.2, -0.15) is 23.3 Å². The van der Waals surface area contributed by atoms with E-state index in [4.69, 9.17) is 4.74 Å². The Morgan fingerprint density at radius 1 is 1.33 bits per heavy atom. The van der Waals surface area contributed by atoms with Gasteiger partial charge in [0, 0.05) is 5.71 Å². The molecule has 1 saturated carbocycles. The third-order valence-electron chi connectivity index (χ3n) is 5.18. The van der Waals surface area contributed by atoms with Crippen molar-refractivity contribution in [3.05, 3.63) is 29.8 Å². The summed E-state index contributed by atoms with van der Waals surface area (Å²) in [5, 5.41) is 14.5. The van der Waals surface area contributed by atoms with Crippen LogP contribution in [0, 0.1) is 5.92 Å². The van der Waals surface area contributed by atoms with Crippen LogP contribution < -0.4 is 4.74 Å². The van der Waals surface area contributed by atoms with E-state index < -0.39 is 30.3 Å². The zero-order valence-electron chi connectivity index (χ0n) is 15.3. The van der Waals surface area contributed by atoms with Gasteiger partial charge in [0.25, 0.3) is 11.6 Å². The van der Waals surface area contributed by atoms with Gasteiger partial charge in [-0.25, -0.2) is 0 Å². The minimum Gasteiger partial charge on any atom is -0.484 e. The molecule has 1 aromatic carbocycles. The van der Waals surface area contributed by atoms with Crippen molar-refractivity contribution in [3.63, 3.8) is 0 Å². The summed E-state index contributed by atoms with van der Waals surface area (Å²) < 4.78 is 46.3. The normalized spacial score (nSPS) is 25.4. The molecule has 1 fully saturated rings. The molecule has 0 saturated heterocycles. The zero-order valence-corrected chi connectivity index (χ0v) is 15.3. The second-order valence-electron chi connectivity index (χ2n) is 7.33. The Morgan fingerprint density at radius 3 is 2.59 bits per heavy atom. The van der Waals surface area contributed by atoms with Gasteiger partial charge in [0.05, 0.1) is 5.92 Å². The maximum Gasteiger partial charge on any atom is 0.439 e. The Labute approximate surface area is 155 Å². The summed E-state index contributed by atoms with van der Waals surface area (Å²) in [5.41, 5.74) is -1.99. The number of hydrazone groups is 1. The molecule has 148 valence electrons. The van der Waals surface area contributed by atoms with Gasteiger partial charge in [0.15, 0.2) is 6.61 Å². The Morgan fingerprint density at radius 2 is 2.00 bits per heavy atom. The summed E-state index contributed by atoms with van der Waals surface area (Å²) in [7, 11) is 0. The molecule has 5 nitrogen and oxygen atoms in total. The van der Waals surface area contributed by atoms with Gasteiger partial charge in [-0.05, 0) is 42.9 Å². The summed E-state index contributed by atoms with van der Waals surface area (Å²) in [6.07, 6.45) is -3.25. The van der Waals surface area contributed by atoms with Crippen LogP contribution in [0.25, 0.3) is 0 Å². The molecule has 0 bridgehead atoms. The first-order chi connectivity index (χ1) is 12.6. The molecule has 0 aromatic heterocycles. The van der Waals surface area contributed by atoms with E-state index in [0.29, 0.717) is 30.9 Å². The molecule has 0 radical (unpaired) electrons. The van der Waals surface area contributed by atoms with Crippen molar-refractivity contribution in [3.8, 4) is 5.75 Å². The van der Waals surface area contributed by atoms with Gasteiger partial charge >= 0.3 is 6.18 Å². The second-order valence-corrected chi connectivity index (χ2v) is 7.33. The van der Waals surface area contributed by atoms with Gasteiger partial charge in [-0.15, -0.1) is 0 Å². The van der Waals surface area contributed by atoms with E-state index in [1.165, 1.54) is 0 Å². The second kappa shape index (κ2) is 7.14. The first-order valence-electron chi connectivity index (χ1n) is 9.07. The highest BCUT2D eigenvalue weighted by Crippen LogP contribution is 2.48. The fourth-order valence-corrected chi connectivity index (χ4v) is 3.62. The van der Waals surface area contributed by atoms with Gasteiger partial charge in [-0.3, -0.25) is 4.79 Å². The number of fused-ring (bicyclic) bond motifs is 1. The van der Waals surface area contributed by atoms with Gasteiger partial charge in [0.2, 0.25) is 0 Å². The van der Waals surface area contributed by atoms with Crippen LogP contribution >= 0.6 is 0 Å². The highest BCUT2D eigenvalue weighted by atomic mass is 19.4. The maximum atomic E-state index is 13.7. The van der Waals surface area contributed by atoms with Crippen molar-refractivity contribution in [1.82, 2.24) is 5.01 Å². The first kappa shape index (κ1) is 19.7. The van der Waals surface area contributed by atoms with Crippen LogP contribution in [0.2, 0.25) is 0 Å². The van der Waals surface area contributed by atoms with E-state index in [2.05, 4.69) is 5.10 Å². The minimum atomic E-state index is -5.01. The number of carbonyl (C=O) groups is 1. The number of alkyl halides is 3. The number of amides is 1. The summed E-state index contributed by atoms with van der Waals surface area (Å²) in [4.78, 5) is 12.4. The molecule has 3 rings (SSSR count). The van der Waals surface area contributed by atoms with Crippen LogP contribution in [-0.4, -0.2) is 40.2 Å². The lowest BCUT2D eigenvalue weighted by Crippen LogP contribution is -2.62. The van der Waals surface area contributed by atoms with E-state index in [9.17, 15) is 23.1 Å². The average molecular weight is 384 g/mol. The fourth-order valence-electron chi connectivity index (χ4n) is 3.62. The third kappa shape index (κ3) is 3.54. The quantitative estimate of drug-likeness (QED) is 0.858. The average Bonchev–Trinajstić information content (AvgIpc) is 2.94. The van der Waals surface area contributed by atoms with E-state index in [1.54, 1.807) is 12.1 Å². The Balaban J connectivity index is 1.75. The van der Waals surface area contributed by atoms with Gasteiger partial charge in [-0.1, -0.05) is 32.4 Å². The lowest BCUT2D eigenvalue weighted by molar-refractivity contribution is -0.317. The molecule has 27 heavy (non-hydrogen) atoms. The molecule has 2 unspecified atom stereocenters. The van der Waals surface area contributed by atoms with Crippen molar-refractivity contribution in [2.24, 2.45) is 11.0 Å². The Hall–Kier alpha value is -2.09. The van der Waals surface area contributed by atoms with Crippen molar-refractivity contribution < 1.29 is 27.8 Å². The number of aliphatic hydroxyl groups is 1. The number of halogens is 3. The summed E-state index contributed by atoms with van der Waals surface area (Å²) in [6.45, 7) is 3.43. The highest BCUT2D eigenvalue weighted by molar-refractivity contribution is 5.93. The molecular weight excluding hydrogens is 361 g/mol. The number of ether oxygens (including phenoxy) is 1. The lowest BCUT2D eigenvalue weighted by Gasteiger charge is -2.38. The molecule has 1 amide bonds. The number of hydrogen-bond acceptors (Lipinski definition) is 4. The molecular formula is C19H23F3N2O3. The third-order valence-corrected chi connectivity index (χ3v) is 5.18. The maximum absolute atomic E-state index is 13.7. The molecule has 1 heterocycles. The Kier molecular flexibility index (Phi) is 5.20. The number of carbonyl (C=O) groups excluding carboxylic acids is 1. The SMILES string of the molecule is CC(C)c1ccc(OCC(=O)N2N=C3CCCCC3C2(O)C(F)(F)F)cc1. The van der Waals surface area contributed by atoms with Crippen LogP contribution in [0.5, 0.6) is 5.75 Å². The van der Waals surface area contributed by atoms with Crippen LogP contribution in [0.3, 0.4) is 0 Å². The largest absolute Gasteiger partial charge is 0.484 e. The number of rotatable bonds is 4. The zero-order chi connectivity index (χ0) is 19.8.